The van der Waals surface area contributed by atoms with Gasteiger partial charge < -0.3 is 0 Å². The SMILES string of the molecule is CC(C)(C)c1ccc(C#CC2CC2)cn1.CCC(=O)c1ccc(C(C)(C)C)cc1.CCC(=O)c1cnc(C(C)(C)C)nc1.Cc1ccc(C(C)(C)C)cn1.Cc1ccc(C(C)(C)C)nc1. The molecule has 0 aliphatic heterocycles. The second-order valence-corrected chi connectivity index (χ2v) is 22.1. The minimum atomic E-state index is -0.0617. The van der Waals surface area contributed by atoms with Crippen molar-refractivity contribution in [3.05, 3.63) is 148 Å². The van der Waals surface area contributed by atoms with Gasteiger partial charge in [0.15, 0.2) is 11.6 Å². The Morgan fingerprint density at radius 2 is 0.969 bits per heavy atom. The third kappa shape index (κ3) is 21.0. The third-order valence-corrected chi connectivity index (χ3v) is 10.3. The van der Waals surface area contributed by atoms with E-state index in [9.17, 15) is 9.59 Å². The van der Waals surface area contributed by atoms with Gasteiger partial charge in [-0.25, -0.2) is 9.97 Å². The lowest BCUT2D eigenvalue weighted by atomic mass is 9.86. The van der Waals surface area contributed by atoms with E-state index >= 15 is 0 Å². The molecule has 1 fully saturated rings. The number of carbonyl (C=O) groups excluding carboxylic acids is 2. The van der Waals surface area contributed by atoms with Crippen molar-refractivity contribution in [1.29, 1.82) is 0 Å². The first-order chi connectivity index (χ1) is 29.9. The summed E-state index contributed by atoms with van der Waals surface area (Å²) in [5.41, 5.74) is 10.2. The predicted molar refractivity (Wildman–Crippen MR) is 273 cm³/mol. The minimum absolute atomic E-state index is 0.0617. The molecule has 0 atom stereocenters. The highest BCUT2D eigenvalue weighted by molar-refractivity contribution is 5.96. The van der Waals surface area contributed by atoms with Gasteiger partial charge in [0, 0.05) is 94.2 Å². The Labute approximate surface area is 394 Å². The molecule has 5 aromatic rings. The molecule has 4 aromatic heterocycles. The molecule has 0 spiro atoms. The lowest BCUT2D eigenvalue weighted by Gasteiger charge is -2.18. The molecular formula is C58H81N5O2. The summed E-state index contributed by atoms with van der Waals surface area (Å²) in [5, 5.41) is 0. The summed E-state index contributed by atoms with van der Waals surface area (Å²) in [6, 6.07) is 20.5. The van der Waals surface area contributed by atoms with Crippen LogP contribution in [0.25, 0.3) is 0 Å². The van der Waals surface area contributed by atoms with Crippen LogP contribution in [0.5, 0.6) is 0 Å². The van der Waals surface area contributed by atoms with Crippen LogP contribution in [0.15, 0.2) is 91.6 Å². The number of hydrogen-bond acceptors (Lipinski definition) is 7. The topological polar surface area (TPSA) is 98.6 Å². The Morgan fingerprint density at radius 1 is 0.492 bits per heavy atom. The highest BCUT2D eigenvalue weighted by atomic mass is 16.1. The third-order valence-electron chi connectivity index (χ3n) is 10.3. The smallest absolute Gasteiger partial charge is 0.165 e. The fourth-order valence-electron chi connectivity index (χ4n) is 5.57. The van der Waals surface area contributed by atoms with Gasteiger partial charge in [-0.15, -0.1) is 0 Å². The Balaban J connectivity index is 0.000000281. The van der Waals surface area contributed by atoms with Crippen LogP contribution >= 0.6 is 0 Å². The van der Waals surface area contributed by atoms with Gasteiger partial charge in [-0.05, 0) is 78.5 Å². The highest BCUT2D eigenvalue weighted by Crippen LogP contribution is 2.28. The van der Waals surface area contributed by atoms with Gasteiger partial charge in [-0.1, -0.05) is 166 Å². The largest absolute Gasteiger partial charge is 0.294 e. The van der Waals surface area contributed by atoms with E-state index < -0.39 is 0 Å². The number of ketones is 2. The first-order valence-corrected chi connectivity index (χ1v) is 23.3. The molecule has 0 bridgehead atoms. The zero-order chi connectivity index (χ0) is 49.4. The van der Waals surface area contributed by atoms with Gasteiger partial charge in [-0.2, -0.15) is 0 Å². The molecule has 4 heterocycles. The lowest BCUT2D eigenvalue weighted by molar-refractivity contribution is 0.0979. The van der Waals surface area contributed by atoms with Crippen LogP contribution in [0.3, 0.4) is 0 Å². The number of pyridine rings is 3. The molecule has 0 N–H and O–H groups in total. The quantitative estimate of drug-likeness (QED) is 0.131. The standard InChI is InChI=1S/C14H17N.C13H18O.C11H16N2O.2C10H15N/c1-14(2,3)13-9-8-12(10-15-13)7-6-11-4-5-11;1-5-12(14)10-6-8-11(9-7-10)13(2,3)4;1-5-9(14)8-6-12-10(13-7-8)11(2,3)4;1-8-5-6-9(7-11-8)10(2,3)4;1-8-5-6-9(11-7-8)10(2,3)4/h8-11H,4-5H2,1-3H3;6-9H,5H2,1-4H3;6-7H,5H2,1-4H3;2*5-7H,1-4H3. The van der Waals surface area contributed by atoms with Crippen LogP contribution in [0, 0.1) is 31.6 Å². The summed E-state index contributed by atoms with van der Waals surface area (Å²) in [4.78, 5) is 44.1. The zero-order valence-electron chi connectivity index (χ0n) is 43.6. The molecule has 1 aliphatic carbocycles. The normalized spacial score (nSPS) is 12.5. The van der Waals surface area contributed by atoms with E-state index in [1.165, 1.54) is 29.5 Å². The number of nitrogens with zero attached hydrogens (tertiary/aromatic N) is 5. The maximum Gasteiger partial charge on any atom is 0.165 e. The lowest BCUT2D eigenvalue weighted by Crippen LogP contribution is -2.16. The van der Waals surface area contributed by atoms with Gasteiger partial charge in [0.1, 0.15) is 5.82 Å². The second-order valence-electron chi connectivity index (χ2n) is 22.1. The van der Waals surface area contributed by atoms with E-state index in [0.717, 1.165) is 34.0 Å². The summed E-state index contributed by atoms with van der Waals surface area (Å²) in [6.07, 6.45) is 12.6. The van der Waals surface area contributed by atoms with Crippen LogP contribution in [0.2, 0.25) is 0 Å². The van der Waals surface area contributed by atoms with Crippen molar-refractivity contribution in [1.82, 2.24) is 24.9 Å². The molecule has 65 heavy (non-hydrogen) atoms. The number of hydrogen-bond donors (Lipinski definition) is 0. The number of carbonyl (C=O) groups is 2. The molecule has 6 rings (SSSR count). The molecule has 350 valence electrons. The van der Waals surface area contributed by atoms with Crippen molar-refractivity contribution < 1.29 is 9.59 Å². The molecular weight excluding hydrogens is 799 g/mol. The summed E-state index contributed by atoms with van der Waals surface area (Å²) < 4.78 is 0. The summed E-state index contributed by atoms with van der Waals surface area (Å²) >= 11 is 0. The van der Waals surface area contributed by atoms with Crippen molar-refractivity contribution in [3.8, 4) is 11.8 Å². The van der Waals surface area contributed by atoms with Crippen LogP contribution in [-0.2, 0) is 27.1 Å². The predicted octanol–water partition coefficient (Wildman–Crippen LogP) is 14.5. The Hall–Kier alpha value is -5.35. The first-order valence-electron chi connectivity index (χ1n) is 23.3. The fourth-order valence-corrected chi connectivity index (χ4v) is 5.57. The maximum atomic E-state index is 11.4. The summed E-state index contributed by atoms with van der Waals surface area (Å²) in [7, 11) is 0. The van der Waals surface area contributed by atoms with E-state index in [2.05, 4.69) is 163 Å². The zero-order valence-corrected chi connectivity index (χ0v) is 43.6. The Bertz CT molecular complexity index is 2130. The van der Waals surface area contributed by atoms with Gasteiger partial charge in [0.2, 0.25) is 0 Å². The minimum Gasteiger partial charge on any atom is -0.294 e. The number of Topliss-reactive ketones (excluding diaryl/α,β-unsaturated/α-hetero) is 2. The Morgan fingerprint density at radius 3 is 1.34 bits per heavy atom. The highest BCUT2D eigenvalue weighted by Gasteiger charge is 2.19. The van der Waals surface area contributed by atoms with Crippen molar-refractivity contribution in [2.45, 2.75) is 184 Å². The van der Waals surface area contributed by atoms with Crippen molar-refractivity contribution in [3.63, 3.8) is 0 Å². The number of aromatic nitrogens is 5. The molecule has 0 saturated heterocycles. The average Bonchev–Trinajstić information content (AvgIpc) is 4.07. The van der Waals surface area contributed by atoms with Gasteiger partial charge in [0.25, 0.3) is 0 Å². The van der Waals surface area contributed by atoms with E-state index in [1.807, 2.05) is 84.4 Å². The van der Waals surface area contributed by atoms with Crippen molar-refractivity contribution in [2.75, 3.05) is 0 Å². The maximum absolute atomic E-state index is 11.4. The Kier molecular flexibility index (Phi) is 20.8. The van der Waals surface area contributed by atoms with Crippen LogP contribution < -0.4 is 0 Å². The molecule has 1 saturated carbocycles. The monoisotopic (exact) mass is 880 g/mol. The molecule has 0 radical (unpaired) electrons. The molecule has 1 aliphatic rings. The number of benzene rings is 1. The van der Waals surface area contributed by atoms with E-state index in [4.69, 9.17) is 0 Å². The summed E-state index contributed by atoms with van der Waals surface area (Å²) in [6.45, 7) is 40.0. The van der Waals surface area contributed by atoms with E-state index in [-0.39, 0.29) is 38.6 Å². The number of aryl methyl sites for hydroxylation is 2. The number of rotatable bonds is 4. The van der Waals surface area contributed by atoms with Gasteiger partial charge in [0.05, 0.1) is 5.56 Å². The van der Waals surface area contributed by atoms with Gasteiger partial charge in [-0.3, -0.25) is 24.5 Å². The average molecular weight is 880 g/mol. The van der Waals surface area contributed by atoms with Crippen LogP contribution in [-0.4, -0.2) is 36.5 Å². The molecule has 0 unspecified atom stereocenters. The van der Waals surface area contributed by atoms with Crippen molar-refractivity contribution in [2.24, 2.45) is 5.92 Å². The fraction of sp³-hybridized carbons (Fsp3) is 0.500. The van der Waals surface area contributed by atoms with Crippen molar-refractivity contribution >= 4 is 11.6 Å². The van der Waals surface area contributed by atoms with E-state index in [1.54, 1.807) is 12.4 Å². The molecule has 0 amide bonds. The molecule has 7 nitrogen and oxygen atoms in total. The second kappa shape index (κ2) is 24.3. The van der Waals surface area contributed by atoms with Crippen LogP contribution in [0.4, 0.5) is 0 Å². The first kappa shape index (κ1) is 55.8. The molecule has 1 aromatic carbocycles. The summed E-state index contributed by atoms with van der Waals surface area (Å²) in [5.74, 6) is 8.14. The van der Waals surface area contributed by atoms with Gasteiger partial charge >= 0.3 is 0 Å². The van der Waals surface area contributed by atoms with Crippen LogP contribution in [0.1, 0.15) is 209 Å². The van der Waals surface area contributed by atoms with E-state index in [0.29, 0.717) is 24.3 Å². The molecule has 7 heteroatoms.